The van der Waals surface area contributed by atoms with Gasteiger partial charge in [-0.3, -0.25) is 14.4 Å². The van der Waals surface area contributed by atoms with E-state index in [0.717, 1.165) is 0 Å². The van der Waals surface area contributed by atoms with Crippen molar-refractivity contribution in [1.29, 1.82) is 0 Å². The number of hydrogen-bond donors (Lipinski definition) is 3. The number of rotatable bonds is 2. The molecule has 7 heteroatoms. The maximum absolute atomic E-state index is 12.8. The molecule has 1 saturated heterocycles. The van der Waals surface area contributed by atoms with Gasteiger partial charge in [-0.15, -0.1) is 0 Å². The predicted octanol–water partition coefficient (Wildman–Crippen LogP) is 0.569. The molecule has 0 radical (unpaired) electrons. The van der Waals surface area contributed by atoms with E-state index < -0.39 is 17.5 Å². The number of likely N-dealkylation sites (tertiary alicyclic amines) is 1. The van der Waals surface area contributed by atoms with Crippen LogP contribution in [0, 0.1) is 11.8 Å². The molecule has 134 valence electrons. The molecule has 2 aliphatic rings. The third-order valence-electron chi connectivity index (χ3n) is 5.15. The van der Waals surface area contributed by atoms with Crippen molar-refractivity contribution in [3.05, 3.63) is 29.8 Å². The van der Waals surface area contributed by atoms with E-state index in [4.69, 9.17) is 5.73 Å². The number of fused-ring (bicyclic) bond motifs is 2. The Morgan fingerprint density at radius 3 is 2.68 bits per heavy atom. The zero-order valence-electron chi connectivity index (χ0n) is 14.7. The number of nitrogens with one attached hydrogen (secondary N) is 2. The highest BCUT2D eigenvalue weighted by Gasteiger charge is 2.51. The molecule has 2 aliphatic heterocycles. The third-order valence-corrected chi connectivity index (χ3v) is 5.15. The van der Waals surface area contributed by atoms with Crippen LogP contribution in [0.5, 0.6) is 0 Å². The molecular weight excluding hydrogens is 320 g/mol. The average molecular weight is 344 g/mol. The fraction of sp³-hybridized carbons (Fsp3) is 0.500. The summed E-state index contributed by atoms with van der Waals surface area (Å²) >= 11 is 0. The molecule has 2 heterocycles. The van der Waals surface area contributed by atoms with Crippen LogP contribution in [0.4, 0.5) is 5.69 Å². The van der Waals surface area contributed by atoms with Crippen LogP contribution in [-0.2, 0) is 9.59 Å². The number of anilines is 1. The third kappa shape index (κ3) is 3.00. The first-order valence-electron chi connectivity index (χ1n) is 8.49. The Kier molecular flexibility index (Phi) is 4.28. The minimum atomic E-state index is -0.832. The second-order valence-electron chi connectivity index (χ2n) is 7.45. The summed E-state index contributed by atoms with van der Waals surface area (Å²) in [5, 5.41) is 5.79. The van der Waals surface area contributed by atoms with Crippen molar-refractivity contribution in [2.45, 2.75) is 32.4 Å². The number of carbonyl (C=O) groups excluding carboxylic acids is 3. The number of nitrogens with zero attached hydrogens (tertiary/aromatic N) is 1. The van der Waals surface area contributed by atoms with Gasteiger partial charge in [0.05, 0.1) is 28.7 Å². The molecule has 4 N–H and O–H groups in total. The van der Waals surface area contributed by atoms with Crippen molar-refractivity contribution < 1.29 is 14.4 Å². The van der Waals surface area contributed by atoms with Gasteiger partial charge in [0, 0.05) is 13.1 Å². The van der Waals surface area contributed by atoms with Crippen LogP contribution in [0.2, 0.25) is 0 Å². The van der Waals surface area contributed by atoms with Crippen LogP contribution in [0.25, 0.3) is 0 Å². The molecule has 3 rings (SSSR count). The SMILES string of the molecule is CC(C)[C@@H](N)C(=O)N1C[C@H]2C(=O)Nc3ccccc3C(=O)N[C@@]2(C)C1. The van der Waals surface area contributed by atoms with Gasteiger partial charge in [-0.1, -0.05) is 26.0 Å². The second kappa shape index (κ2) is 6.15. The Morgan fingerprint density at radius 2 is 2.00 bits per heavy atom. The molecule has 3 amide bonds. The molecule has 0 bridgehead atoms. The van der Waals surface area contributed by atoms with Gasteiger partial charge in [0.2, 0.25) is 11.8 Å². The highest BCUT2D eigenvalue weighted by Crippen LogP contribution is 2.32. The van der Waals surface area contributed by atoms with Gasteiger partial charge in [-0.05, 0) is 25.0 Å². The van der Waals surface area contributed by atoms with E-state index in [1.165, 1.54) is 0 Å². The molecular formula is C18H24N4O3. The van der Waals surface area contributed by atoms with Crippen molar-refractivity contribution in [2.24, 2.45) is 17.6 Å². The molecule has 0 aliphatic carbocycles. The number of hydrogen-bond acceptors (Lipinski definition) is 4. The Morgan fingerprint density at radius 1 is 1.32 bits per heavy atom. The van der Waals surface area contributed by atoms with Crippen molar-refractivity contribution >= 4 is 23.4 Å². The zero-order chi connectivity index (χ0) is 18.4. The summed E-state index contributed by atoms with van der Waals surface area (Å²) in [5.74, 6) is -1.19. The lowest BCUT2D eigenvalue weighted by atomic mass is 9.86. The van der Waals surface area contributed by atoms with Gasteiger partial charge in [-0.2, -0.15) is 0 Å². The Bertz CT molecular complexity index is 733. The molecule has 0 unspecified atom stereocenters. The van der Waals surface area contributed by atoms with Crippen LogP contribution in [-0.4, -0.2) is 47.3 Å². The van der Waals surface area contributed by atoms with Gasteiger partial charge < -0.3 is 21.3 Å². The van der Waals surface area contributed by atoms with Crippen LogP contribution in [0.15, 0.2) is 24.3 Å². The smallest absolute Gasteiger partial charge is 0.253 e. The summed E-state index contributed by atoms with van der Waals surface area (Å²) in [6.07, 6.45) is 0. The van der Waals surface area contributed by atoms with E-state index in [-0.39, 0.29) is 36.7 Å². The first-order valence-corrected chi connectivity index (χ1v) is 8.49. The number of benzene rings is 1. The number of carbonyl (C=O) groups is 3. The van der Waals surface area contributed by atoms with Crippen molar-refractivity contribution in [3.8, 4) is 0 Å². The minimum Gasteiger partial charge on any atom is -0.344 e. The second-order valence-corrected chi connectivity index (χ2v) is 7.45. The molecule has 7 nitrogen and oxygen atoms in total. The van der Waals surface area contributed by atoms with E-state index in [1.54, 1.807) is 36.1 Å². The normalized spacial score (nSPS) is 26.9. The standard InChI is InChI=1S/C18H24N4O3/c1-10(2)14(19)17(25)22-8-12-16(24)20-13-7-5-4-6-11(13)15(23)21-18(12,3)9-22/h4-7,10,12,14H,8-9,19H2,1-3H3,(H,20,24)(H,21,23)/t12-,14+,18-/m0/s1. The summed E-state index contributed by atoms with van der Waals surface area (Å²) in [5.41, 5.74) is 6.05. The first kappa shape index (κ1) is 17.4. The lowest BCUT2D eigenvalue weighted by Crippen LogP contribution is -2.56. The molecule has 1 fully saturated rings. The van der Waals surface area contributed by atoms with Gasteiger partial charge in [0.1, 0.15) is 0 Å². The largest absolute Gasteiger partial charge is 0.344 e. The molecule has 0 aromatic heterocycles. The van der Waals surface area contributed by atoms with Gasteiger partial charge >= 0.3 is 0 Å². The summed E-state index contributed by atoms with van der Waals surface area (Å²) in [4.78, 5) is 39.6. The quantitative estimate of drug-likeness (QED) is 0.729. The fourth-order valence-corrected chi connectivity index (χ4v) is 3.49. The highest BCUT2D eigenvalue weighted by atomic mass is 16.2. The fourth-order valence-electron chi connectivity index (χ4n) is 3.49. The Hall–Kier alpha value is -2.41. The minimum absolute atomic E-state index is 0.00108. The lowest BCUT2D eigenvalue weighted by Gasteiger charge is -2.33. The molecule has 0 spiro atoms. The number of para-hydroxylation sites is 1. The monoisotopic (exact) mass is 344 g/mol. The number of nitrogens with two attached hydrogens (primary N) is 1. The van der Waals surface area contributed by atoms with E-state index in [9.17, 15) is 14.4 Å². The highest BCUT2D eigenvalue weighted by molar-refractivity contribution is 6.07. The van der Waals surface area contributed by atoms with E-state index in [0.29, 0.717) is 11.3 Å². The summed E-state index contributed by atoms with van der Waals surface area (Å²) in [6, 6.07) is 6.25. The average Bonchev–Trinajstić information content (AvgIpc) is 2.89. The molecule has 0 saturated carbocycles. The summed E-state index contributed by atoms with van der Waals surface area (Å²) in [7, 11) is 0. The van der Waals surface area contributed by atoms with E-state index in [2.05, 4.69) is 10.6 Å². The molecule has 1 aromatic carbocycles. The Balaban J connectivity index is 1.91. The molecule has 25 heavy (non-hydrogen) atoms. The first-order chi connectivity index (χ1) is 11.7. The summed E-state index contributed by atoms with van der Waals surface area (Å²) < 4.78 is 0. The van der Waals surface area contributed by atoms with Crippen LogP contribution in [0.3, 0.4) is 0 Å². The topological polar surface area (TPSA) is 105 Å². The maximum atomic E-state index is 12.8. The van der Waals surface area contributed by atoms with Crippen LogP contribution < -0.4 is 16.4 Å². The van der Waals surface area contributed by atoms with Crippen molar-refractivity contribution in [1.82, 2.24) is 10.2 Å². The van der Waals surface area contributed by atoms with Gasteiger partial charge in [0.25, 0.3) is 5.91 Å². The van der Waals surface area contributed by atoms with Gasteiger partial charge in [0.15, 0.2) is 0 Å². The number of amides is 3. The van der Waals surface area contributed by atoms with E-state index in [1.807, 2.05) is 13.8 Å². The van der Waals surface area contributed by atoms with Gasteiger partial charge in [-0.25, -0.2) is 0 Å². The van der Waals surface area contributed by atoms with Crippen LogP contribution in [0.1, 0.15) is 31.1 Å². The maximum Gasteiger partial charge on any atom is 0.253 e. The Labute approximate surface area is 146 Å². The molecule has 1 aromatic rings. The zero-order valence-corrected chi connectivity index (χ0v) is 14.7. The van der Waals surface area contributed by atoms with Crippen molar-refractivity contribution in [3.63, 3.8) is 0 Å². The summed E-state index contributed by atoms with van der Waals surface area (Å²) in [6.45, 7) is 6.07. The van der Waals surface area contributed by atoms with Crippen LogP contribution >= 0.6 is 0 Å². The lowest BCUT2D eigenvalue weighted by molar-refractivity contribution is -0.132. The van der Waals surface area contributed by atoms with E-state index >= 15 is 0 Å². The van der Waals surface area contributed by atoms with Crippen molar-refractivity contribution in [2.75, 3.05) is 18.4 Å². The molecule has 3 atom stereocenters. The predicted molar refractivity (Wildman–Crippen MR) is 93.8 cm³/mol.